The molecule has 1 unspecified atom stereocenters. The van der Waals surface area contributed by atoms with E-state index in [0.717, 1.165) is 6.54 Å². The number of carboxylic acids is 2. The highest BCUT2D eigenvalue weighted by molar-refractivity contribution is 5.91. The molecule has 0 saturated heterocycles. The first kappa shape index (κ1) is 20.6. The maximum Gasteiger partial charge on any atom is 0.326 e. The van der Waals surface area contributed by atoms with E-state index in [9.17, 15) is 14.7 Å². The zero-order valence-corrected chi connectivity index (χ0v) is 14.8. The van der Waals surface area contributed by atoms with Crippen LogP contribution in [0.15, 0.2) is 24.3 Å². The van der Waals surface area contributed by atoms with Crippen LogP contribution in [0, 0.1) is 0 Å². The van der Waals surface area contributed by atoms with Crippen LogP contribution in [0.25, 0.3) is 10.9 Å². The van der Waals surface area contributed by atoms with Gasteiger partial charge in [-0.2, -0.15) is 0 Å². The molecule has 0 aliphatic rings. The molecule has 1 aromatic carbocycles. The molecule has 0 saturated carbocycles. The van der Waals surface area contributed by atoms with E-state index in [1.807, 2.05) is 31.1 Å². The Labute approximate surface area is 151 Å². The van der Waals surface area contributed by atoms with E-state index in [0.29, 0.717) is 29.0 Å². The van der Waals surface area contributed by atoms with Gasteiger partial charge in [0, 0.05) is 18.4 Å². The first-order chi connectivity index (χ1) is 11.4. The molecule has 0 aliphatic heterocycles. The maximum absolute atomic E-state index is 11.3. The van der Waals surface area contributed by atoms with E-state index in [1.165, 1.54) is 0 Å². The first-order valence-corrected chi connectivity index (χ1v) is 7.48. The molecule has 0 aliphatic carbocycles. The molecule has 8 nitrogen and oxygen atoms in total. The molecule has 0 bridgehead atoms. The average Bonchev–Trinajstić information content (AvgIpc) is 2.51. The number of para-hydroxylation sites is 1. The summed E-state index contributed by atoms with van der Waals surface area (Å²) in [6.45, 7) is 0.745. The number of fused-ring (bicyclic) bond motifs is 1. The molecule has 1 atom stereocenters. The van der Waals surface area contributed by atoms with Gasteiger partial charge in [-0.15, -0.1) is 12.4 Å². The van der Waals surface area contributed by atoms with Crippen LogP contribution >= 0.6 is 12.4 Å². The number of nitrogens with zero attached hydrogens (tertiary/aromatic N) is 3. The van der Waals surface area contributed by atoms with Crippen molar-refractivity contribution in [2.45, 2.75) is 18.9 Å². The third kappa shape index (κ3) is 5.84. The molecule has 9 heteroatoms. The molecule has 25 heavy (non-hydrogen) atoms. The summed E-state index contributed by atoms with van der Waals surface area (Å²) in [5.74, 6) is -1.52. The van der Waals surface area contributed by atoms with E-state index in [2.05, 4.69) is 15.3 Å². The van der Waals surface area contributed by atoms with Crippen molar-refractivity contribution in [3.05, 3.63) is 30.1 Å². The Morgan fingerprint density at radius 1 is 1.20 bits per heavy atom. The van der Waals surface area contributed by atoms with Gasteiger partial charge in [0.25, 0.3) is 0 Å². The minimum absolute atomic E-state index is 0. The number of carboxylic acid groups (broad SMARTS) is 2. The molecule has 1 heterocycles. The van der Waals surface area contributed by atoms with Gasteiger partial charge < -0.3 is 20.4 Å². The third-order valence-corrected chi connectivity index (χ3v) is 3.42. The van der Waals surface area contributed by atoms with Crippen molar-refractivity contribution in [2.75, 3.05) is 26.0 Å². The molecule has 1 aromatic heterocycles. The van der Waals surface area contributed by atoms with E-state index in [4.69, 9.17) is 5.11 Å². The normalized spacial score (nSPS) is 11.8. The minimum atomic E-state index is -1.26. The second-order valence-electron chi connectivity index (χ2n) is 5.69. The highest BCUT2D eigenvalue weighted by Crippen LogP contribution is 2.21. The number of nitrogens with one attached hydrogen (secondary N) is 1. The van der Waals surface area contributed by atoms with Gasteiger partial charge >= 0.3 is 11.9 Å². The molecule has 2 aromatic rings. The Bertz CT molecular complexity index is 754. The zero-order chi connectivity index (χ0) is 17.7. The number of hydrogen-bond acceptors (Lipinski definition) is 6. The summed E-state index contributed by atoms with van der Waals surface area (Å²) in [5, 5.41) is 21.5. The van der Waals surface area contributed by atoms with Gasteiger partial charge in [0.1, 0.15) is 17.7 Å². The zero-order valence-electron chi connectivity index (χ0n) is 14.0. The lowest BCUT2D eigenvalue weighted by atomic mass is 10.1. The van der Waals surface area contributed by atoms with Crippen LogP contribution in [-0.4, -0.2) is 63.7 Å². The number of hydrogen-bond donors (Lipinski definition) is 3. The van der Waals surface area contributed by atoms with Crippen molar-refractivity contribution in [1.82, 2.24) is 14.9 Å². The van der Waals surface area contributed by atoms with Crippen LogP contribution in [0.5, 0.6) is 0 Å². The smallest absolute Gasteiger partial charge is 0.326 e. The molecule has 136 valence electrons. The summed E-state index contributed by atoms with van der Waals surface area (Å²) in [5.41, 5.74) is 0.684. The topological polar surface area (TPSA) is 116 Å². The van der Waals surface area contributed by atoms with Crippen molar-refractivity contribution in [2.24, 2.45) is 0 Å². The van der Waals surface area contributed by atoms with Crippen molar-refractivity contribution in [3.8, 4) is 0 Å². The summed E-state index contributed by atoms with van der Waals surface area (Å²) < 4.78 is 0. The van der Waals surface area contributed by atoms with Gasteiger partial charge in [-0.05, 0) is 26.2 Å². The number of benzene rings is 1. The van der Waals surface area contributed by atoms with E-state index in [1.54, 1.807) is 12.1 Å². The lowest BCUT2D eigenvalue weighted by Crippen LogP contribution is -2.32. The third-order valence-electron chi connectivity index (χ3n) is 3.42. The molecule has 0 spiro atoms. The molecular weight excluding hydrogens is 348 g/mol. The first-order valence-electron chi connectivity index (χ1n) is 7.48. The predicted molar refractivity (Wildman–Crippen MR) is 96.3 cm³/mol. The van der Waals surface area contributed by atoms with Gasteiger partial charge in [0.15, 0.2) is 0 Å². The quantitative estimate of drug-likeness (QED) is 0.642. The lowest BCUT2D eigenvalue weighted by molar-refractivity contribution is -0.144. The highest BCUT2D eigenvalue weighted by atomic mass is 35.5. The van der Waals surface area contributed by atoms with Crippen LogP contribution in [0.1, 0.15) is 12.2 Å². The van der Waals surface area contributed by atoms with Crippen LogP contribution in [0.4, 0.5) is 5.82 Å². The maximum atomic E-state index is 11.3. The fourth-order valence-electron chi connectivity index (χ4n) is 2.21. The van der Waals surface area contributed by atoms with E-state index < -0.39 is 24.4 Å². The summed E-state index contributed by atoms with van der Waals surface area (Å²) in [4.78, 5) is 33.0. The highest BCUT2D eigenvalue weighted by Gasteiger charge is 2.22. The van der Waals surface area contributed by atoms with E-state index in [-0.39, 0.29) is 12.4 Å². The number of halogens is 1. The molecule has 0 radical (unpaired) electrons. The second kappa shape index (κ2) is 9.14. The Morgan fingerprint density at radius 3 is 2.48 bits per heavy atom. The Kier molecular flexibility index (Phi) is 7.53. The van der Waals surface area contributed by atoms with E-state index >= 15 is 0 Å². The van der Waals surface area contributed by atoms with Crippen molar-refractivity contribution in [3.63, 3.8) is 0 Å². The number of aromatic nitrogens is 2. The minimum Gasteiger partial charge on any atom is -0.481 e. The molecule has 3 N–H and O–H groups in total. The summed E-state index contributed by atoms with van der Waals surface area (Å²) in [6, 6.07) is 5.95. The average molecular weight is 369 g/mol. The van der Waals surface area contributed by atoms with Gasteiger partial charge in [-0.25, -0.2) is 14.8 Å². The fourth-order valence-corrected chi connectivity index (χ4v) is 2.21. The second-order valence-corrected chi connectivity index (χ2v) is 5.69. The Hall–Kier alpha value is -2.45. The summed E-state index contributed by atoms with van der Waals surface area (Å²) in [7, 11) is 3.88. The Balaban J connectivity index is 0.00000312. The largest absolute Gasteiger partial charge is 0.481 e. The van der Waals surface area contributed by atoms with Crippen LogP contribution < -0.4 is 5.32 Å². The van der Waals surface area contributed by atoms with Crippen molar-refractivity contribution in [1.29, 1.82) is 0 Å². The number of carbonyl (C=O) groups is 2. The fraction of sp³-hybridized carbons (Fsp3) is 0.375. The standard InChI is InChI=1S/C16H20N4O4.ClH/c1-20(2)8-7-13-17-11-6-4-3-5-10(11)15(19-13)18-12(16(23)24)9-14(21)22;/h3-6,12H,7-9H2,1-2H3,(H,21,22)(H,23,24)(H,17,18,19);1H. The van der Waals surface area contributed by atoms with Crippen LogP contribution in [0.3, 0.4) is 0 Å². The number of likely N-dealkylation sites (N-methyl/N-ethyl adjacent to an activating group) is 1. The monoisotopic (exact) mass is 368 g/mol. The molecule has 2 rings (SSSR count). The summed E-state index contributed by atoms with van der Waals surface area (Å²) in [6.07, 6.45) is 0.0594. The SMILES string of the molecule is CN(C)CCc1nc(NC(CC(=O)O)C(=O)O)c2ccccc2n1.Cl. The van der Waals surface area contributed by atoms with Gasteiger partial charge in [-0.1, -0.05) is 12.1 Å². The molecule has 0 amide bonds. The molecular formula is C16H21ClN4O4. The van der Waals surface area contributed by atoms with Crippen molar-refractivity contribution < 1.29 is 19.8 Å². The van der Waals surface area contributed by atoms with Gasteiger partial charge in [0.05, 0.1) is 11.9 Å². The number of aliphatic carboxylic acids is 2. The van der Waals surface area contributed by atoms with Gasteiger partial charge in [-0.3, -0.25) is 4.79 Å². The van der Waals surface area contributed by atoms with Crippen LogP contribution in [0.2, 0.25) is 0 Å². The lowest BCUT2D eigenvalue weighted by Gasteiger charge is -2.16. The Morgan fingerprint density at radius 2 is 1.88 bits per heavy atom. The van der Waals surface area contributed by atoms with Crippen molar-refractivity contribution >= 4 is 41.1 Å². The number of anilines is 1. The summed E-state index contributed by atoms with van der Waals surface area (Å²) >= 11 is 0. The van der Waals surface area contributed by atoms with Crippen LogP contribution in [-0.2, 0) is 16.0 Å². The molecule has 0 fully saturated rings. The van der Waals surface area contributed by atoms with Gasteiger partial charge in [0.2, 0.25) is 0 Å². The number of rotatable bonds is 8. The predicted octanol–water partition coefficient (Wildman–Crippen LogP) is 1.50.